The smallest absolute Gasteiger partial charge is 0.339 e. The number of carbonyl (C=O) groups excluding carboxylic acids is 1. The second-order valence-electron chi connectivity index (χ2n) is 4.05. The maximum atomic E-state index is 12.2. The number of benzene rings is 2. The van der Waals surface area contributed by atoms with Crippen LogP contribution in [0.2, 0.25) is 10.0 Å². The van der Waals surface area contributed by atoms with E-state index in [2.05, 4.69) is 5.32 Å². The van der Waals surface area contributed by atoms with E-state index in [1.54, 1.807) is 18.2 Å². The summed E-state index contributed by atoms with van der Waals surface area (Å²) in [4.78, 5) is 23.4. The number of carboxylic acids is 1. The molecule has 0 aromatic heterocycles. The third-order valence-electron chi connectivity index (χ3n) is 2.66. The van der Waals surface area contributed by atoms with Crippen LogP contribution in [0.5, 0.6) is 0 Å². The van der Waals surface area contributed by atoms with E-state index in [9.17, 15) is 9.59 Å². The highest BCUT2D eigenvalue weighted by Crippen LogP contribution is 2.25. The number of carboxylic acid groups (broad SMARTS) is 1. The summed E-state index contributed by atoms with van der Waals surface area (Å²) in [5.74, 6) is -1.67. The molecule has 21 heavy (non-hydrogen) atoms. The fraction of sp³-hybridized carbons (Fsp3) is 0. The van der Waals surface area contributed by atoms with E-state index in [1.807, 2.05) is 22.6 Å². The Kier molecular flexibility index (Phi) is 5.08. The Morgan fingerprint density at radius 2 is 1.81 bits per heavy atom. The van der Waals surface area contributed by atoms with E-state index in [1.165, 1.54) is 18.2 Å². The van der Waals surface area contributed by atoms with Gasteiger partial charge in [-0.25, -0.2) is 4.79 Å². The molecule has 0 aliphatic carbocycles. The number of nitrogens with one attached hydrogen (secondary N) is 1. The monoisotopic (exact) mass is 435 g/mol. The first-order valence-electron chi connectivity index (χ1n) is 5.68. The van der Waals surface area contributed by atoms with Gasteiger partial charge in [0.15, 0.2) is 0 Å². The molecule has 0 radical (unpaired) electrons. The Bertz CT molecular complexity index is 734. The van der Waals surface area contributed by atoms with Gasteiger partial charge >= 0.3 is 5.97 Å². The maximum Gasteiger partial charge on any atom is 0.339 e. The average molecular weight is 436 g/mol. The van der Waals surface area contributed by atoms with Crippen LogP contribution in [0.15, 0.2) is 36.4 Å². The van der Waals surface area contributed by atoms with Gasteiger partial charge in [0.05, 0.1) is 15.7 Å². The fourth-order valence-corrected chi connectivity index (χ4v) is 2.45. The molecule has 0 bridgehead atoms. The molecule has 0 aliphatic rings. The number of hydrogen-bond acceptors (Lipinski definition) is 2. The van der Waals surface area contributed by atoms with Crippen LogP contribution in [0.3, 0.4) is 0 Å². The van der Waals surface area contributed by atoms with Crippen LogP contribution in [0, 0.1) is 3.57 Å². The topological polar surface area (TPSA) is 66.4 Å². The lowest BCUT2D eigenvalue weighted by Gasteiger charge is -2.10. The minimum absolute atomic E-state index is 0.0564. The Morgan fingerprint density at radius 1 is 1.10 bits per heavy atom. The summed E-state index contributed by atoms with van der Waals surface area (Å²) in [6, 6.07) is 9.31. The van der Waals surface area contributed by atoms with Gasteiger partial charge in [0.2, 0.25) is 0 Å². The van der Waals surface area contributed by atoms with Gasteiger partial charge in [-0.05, 0) is 52.9 Å². The van der Waals surface area contributed by atoms with Gasteiger partial charge < -0.3 is 10.4 Å². The molecule has 0 aliphatic heterocycles. The van der Waals surface area contributed by atoms with Gasteiger partial charge in [-0.1, -0.05) is 29.3 Å². The van der Waals surface area contributed by atoms with Crippen molar-refractivity contribution in [3.8, 4) is 0 Å². The summed E-state index contributed by atoms with van der Waals surface area (Å²) in [7, 11) is 0. The van der Waals surface area contributed by atoms with E-state index in [4.69, 9.17) is 28.3 Å². The number of aromatic carboxylic acids is 1. The molecular formula is C14H8Cl2INO3. The van der Waals surface area contributed by atoms with Gasteiger partial charge in [-0.3, -0.25) is 4.79 Å². The Balaban J connectivity index is 2.34. The highest BCUT2D eigenvalue weighted by Gasteiger charge is 2.17. The molecule has 0 spiro atoms. The van der Waals surface area contributed by atoms with E-state index >= 15 is 0 Å². The minimum Gasteiger partial charge on any atom is -0.478 e. The molecule has 0 heterocycles. The maximum absolute atomic E-state index is 12.2. The zero-order chi connectivity index (χ0) is 15.6. The SMILES string of the molecule is O=C(Nc1cccc(Cl)c1C(=O)O)c1ccc(I)c(Cl)c1. The number of amides is 1. The third-order valence-corrected chi connectivity index (χ3v) is 4.54. The number of anilines is 1. The van der Waals surface area contributed by atoms with E-state index in [-0.39, 0.29) is 16.3 Å². The summed E-state index contributed by atoms with van der Waals surface area (Å²) >= 11 is 13.9. The summed E-state index contributed by atoms with van der Waals surface area (Å²) < 4.78 is 0.819. The summed E-state index contributed by atoms with van der Waals surface area (Å²) in [5.41, 5.74) is 0.315. The first-order chi connectivity index (χ1) is 9.90. The molecular weight excluding hydrogens is 428 g/mol. The second kappa shape index (κ2) is 6.64. The van der Waals surface area contributed by atoms with Gasteiger partial charge in [0, 0.05) is 9.13 Å². The third kappa shape index (κ3) is 3.66. The number of halogens is 3. The van der Waals surface area contributed by atoms with Crippen molar-refractivity contribution in [2.45, 2.75) is 0 Å². The summed E-state index contributed by atoms with van der Waals surface area (Å²) in [6.07, 6.45) is 0. The van der Waals surface area contributed by atoms with Crippen LogP contribution in [0.1, 0.15) is 20.7 Å². The number of carbonyl (C=O) groups is 2. The molecule has 0 saturated carbocycles. The molecule has 2 rings (SSSR count). The van der Waals surface area contributed by atoms with Gasteiger partial charge in [0.1, 0.15) is 5.56 Å². The Hall–Kier alpha value is -1.31. The van der Waals surface area contributed by atoms with Crippen LogP contribution in [-0.2, 0) is 0 Å². The van der Waals surface area contributed by atoms with Crippen molar-refractivity contribution in [3.63, 3.8) is 0 Å². The second-order valence-corrected chi connectivity index (χ2v) is 6.03. The molecule has 108 valence electrons. The lowest BCUT2D eigenvalue weighted by Crippen LogP contribution is -2.15. The first kappa shape index (κ1) is 16.1. The van der Waals surface area contributed by atoms with E-state index in [0.717, 1.165) is 3.57 Å². The van der Waals surface area contributed by atoms with Crippen molar-refractivity contribution in [1.82, 2.24) is 0 Å². The molecule has 2 aromatic rings. The largest absolute Gasteiger partial charge is 0.478 e. The van der Waals surface area contributed by atoms with Crippen molar-refractivity contribution in [2.75, 3.05) is 5.32 Å². The molecule has 0 unspecified atom stereocenters. The molecule has 0 fully saturated rings. The molecule has 0 saturated heterocycles. The standard InChI is InChI=1S/C14H8Cl2INO3/c15-8-2-1-3-11(12(8)14(20)21)18-13(19)7-4-5-10(17)9(16)6-7/h1-6H,(H,18,19)(H,20,21). The minimum atomic E-state index is -1.21. The summed E-state index contributed by atoms with van der Waals surface area (Å²) in [5, 5.41) is 12.2. The average Bonchev–Trinajstić information content (AvgIpc) is 2.41. The van der Waals surface area contributed by atoms with E-state index < -0.39 is 11.9 Å². The predicted octanol–water partition coefficient (Wildman–Crippen LogP) is 4.55. The normalized spacial score (nSPS) is 10.2. The lowest BCUT2D eigenvalue weighted by atomic mass is 10.1. The number of hydrogen-bond donors (Lipinski definition) is 2. The first-order valence-corrected chi connectivity index (χ1v) is 7.52. The van der Waals surface area contributed by atoms with Crippen molar-refractivity contribution >= 4 is 63.4 Å². The van der Waals surface area contributed by atoms with Crippen LogP contribution in [-0.4, -0.2) is 17.0 Å². The van der Waals surface area contributed by atoms with Gasteiger partial charge in [0.25, 0.3) is 5.91 Å². The molecule has 0 atom stereocenters. The zero-order valence-corrected chi connectivity index (χ0v) is 14.0. The zero-order valence-electron chi connectivity index (χ0n) is 10.4. The van der Waals surface area contributed by atoms with Gasteiger partial charge in [-0.2, -0.15) is 0 Å². The molecule has 2 aromatic carbocycles. The van der Waals surface area contributed by atoms with Crippen LogP contribution >= 0.6 is 45.8 Å². The summed E-state index contributed by atoms with van der Waals surface area (Å²) in [6.45, 7) is 0. The predicted molar refractivity (Wildman–Crippen MR) is 90.5 cm³/mol. The Morgan fingerprint density at radius 3 is 2.43 bits per heavy atom. The highest BCUT2D eigenvalue weighted by atomic mass is 127. The van der Waals surface area contributed by atoms with Gasteiger partial charge in [-0.15, -0.1) is 0 Å². The van der Waals surface area contributed by atoms with E-state index in [0.29, 0.717) is 10.6 Å². The van der Waals surface area contributed by atoms with Crippen LogP contribution in [0.4, 0.5) is 5.69 Å². The van der Waals surface area contributed by atoms with Crippen LogP contribution in [0.25, 0.3) is 0 Å². The van der Waals surface area contributed by atoms with Crippen molar-refractivity contribution in [2.24, 2.45) is 0 Å². The molecule has 4 nitrogen and oxygen atoms in total. The lowest BCUT2D eigenvalue weighted by molar-refractivity contribution is 0.0698. The van der Waals surface area contributed by atoms with Crippen molar-refractivity contribution in [3.05, 3.63) is 61.1 Å². The van der Waals surface area contributed by atoms with Crippen molar-refractivity contribution in [1.29, 1.82) is 0 Å². The van der Waals surface area contributed by atoms with Crippen molar-refractivity contribution < 1.29 is 14.7 Å². The highest BCUT2D eigenvalue weighted by molar-refractivity contribution is 14.1. The molecule has 7 heteroatoms. The Labute approximate surface area is 144 Å². The van der Waals surface area contributed by atoms with Crippen LogP contribution < -0.4 is 5.32 Å². The number of rotatable bonds is 3. The quantitative estimate of drug-likeness (QED) is 0.695. The molecule has 2 N–H and O–H groups in total. The molecule has 1 amide bonds. The fourth-order valence-electron chi connectivity index (χ4n) is 1.68.